The Bertz CT molecular complexity index is 599. The molecule has 0 heterocycles. The van der Waals surface area contributed by atoms with Crippen molar-refractivity contribution in [3.63, 3.8) is 0 Å². The molecular weight excluding hydrogens is 293 g/mol. The second-order valence-corrected chi connectivity index (χ2v) is 7.15. The summed E-state index contributed by atoms with van der Waals surface area (Å²) in [6.07, 6.45) is 0. The minimum absolute atomic E-state index is 0.0279. The second kappa shape index (κ2) is 5.88. The van der Waals surface area contributed by atoms with Gasteiger partial charge < -0.3 is 5.32 Å². The van der Waals surface area contributed by atoms with Crippen molar-refractivity contribution < 1.29 is 17.6 Å². The molecule has 0 fully saturated rings. The van der Waals surface area contributed by atoms with E-state index in [1.807, 2.05) is 13.8 Å². The highest BCUT2D eigenvalue weighted by Crippen LogP contribution is 2.24. The zero-order valence-electron chi connectivity index (χ0n) is 10.8. The highest BCUT2D eigenvalue weighted by molar-refractivity contribution is 8.13. The zero-order valence-corrected chi connectivity index (χ0v) is 12.4. The van der Waals surface area contributed by atoms with Gasteiger partial charge in [0.2, 0.25) is 0 Å². The average Bonchev–Trinajstić information content (AvgIpc) is 2.27. The summed E-state index contributed by atoms with van der Waals surface area (Å²) >= 11 is 0. The molecule has 0 atom stereocenters. The van der Waals surface area contributed by atoms with Crippen molar-refractivity contribution in [1.29, 1.82) is 0 Å². The van der Waals surface area contributed by atoms with E-state index >= 15 is 0 Å². The van der Waals surface area contributed by atoms with Crippen LogP contribution in [-0.4, -0.2) is 20.9 Å². The van der Waals surface area contributed by atoms with Crippen molar-refractivity contribution in [1.82, 2.24) is 5.32 Å². The van der Waals surface area contributed by atoms with Crippen molar-refractivity contribution in [2.45, 2.75) is 25.7 Å². The molecule has 1 rings (SSSR count). The van der Waals surface area contributed by atoms with Gasteiger partial charge in [0.05, 0.1) is 4.90 Å². The molecule has 0 aliphatic heterocycles. The molecule has 1 aromatic rings. The van der Waals surface area contributed by atoms with Gasteiger partial charge in [0, 0.05) is 22.8 Å². The summed E-state index contributed by atoms with van der Waals surface area (Å²) in [6.45, 7) is 5.65. The lowest BCUT2D eigenvalue weighted by Gasteiger charge is -2.11. The molecule has 106 valence electrons. The molecule has 0 aromatic heterocycles. The topological polar surface area (TPSA) is 63.2 Å². The molecule has 0 saturated heterocycles. The van der Waals surface area contributed by atoms with Crippen molar-refractivity contribution in [3.8, 4) is 0 Å². The summed E-state index contributed by atoms with van der Waals surface area (Å²) in [5.74, 6) is -1.11. The Kier molecular flexibility index (Phi) is 4.92. The summed E-state index contributed by atoms with van der Waals surface area (Å²) in [5, 5.41) is 2.60. The van der Waals surface area contributed by atoms with E-state index in [-0.39, 0.29) is 21.9 Å². The SMILES string of the molecule is Cc1c(C(=O)NCC(C)C)cc(F)cc1S(=O)(=O)Cl. The van der Waals surface area contributed by atoms with Gasteiger partial charge in [0.1, 0.15) is 5.82 Å². The minimum atomic E-state index is -4.09. The number of rotatable bonds is 4. The summed E-state index contributed by atoms with van der Waals surface area (Å²) < 4.78 is 36.0. The van der Waals surface area contributed by atoms with E-state index in [1.165, 1.54) is 6.92 Å². The Labute approximate surface area is 116 Å². The molecule has 0 bridgehead atoms. The number of nitrogens with one attached hydrogen (secondary N) is 1. The first-order valence-electron chi connectivity index (χ1n) is 5.66. The summed E-state index contributed by atoms with van der Waals surface area (Å²) in [4.78, 5) is 11.5. The third-order valence-corrected chi connectivity index (χ3v) is 3.95. The molecule has 0 unspecified atom stereocenters. The number of carbonyl (C=O) groups excluding carboxylic acids is 1. The van der Waals surface area contributed by atoms with Gasteiger partial charge in [-0.05, 0) is 30.5 Å². The van der Waals surface area contributed by atoms with Crippen LogP contribution in [0.4, 0.5) is 4.39 Å². The van der Waals surface area contributed by atoms with Gasteiger partial charge in [-0.15, -0.1) is 0 Å². The smallest absolute Gasteiger partial charge is 0.261 e. The Hall–Kier alpha value is -1.14. The van der Waals surface area contributed by atoms with Crippen molar-refractivity contribution in [2.24, 2.45) is 5.92 Å². The lowest BCUT2D eigenvalue weighted by Crippen LogP contribution is -2.28. The zero-order chi connectivity index (χ0) is 14.8. The predicted molar refractivity (Wildman–Crippen MR) is 71.3 cm³/mol. The van der Waals surface area contributed by atoms with Gasteiger partial charge in [0.15, 0.2) is 0 Å². The van der Waals surface area contributed by atoms with E-state index in [9.17, 15) is 17.6 Å². The predicted octanol–water partition coefficient (Wildman–Crippen LogP) is 2.45. The van der Waals surface area contributed by atoms with E-state index in [2.05, 4.69) is 5.32 Å². The third-order valence-electron chi connectivity index (χ3n) is 2.50. The fraction of sp³-hybridized carbons (Fsp3) is 0.417. The number of carbonyl (C=O) groups is 1. The van der Waals surface area contributed by atoms with Crippen molar-refractivity contribution >= 4 is 25.6 Å². The molecule has 7 heteroatoms. The van der Waals surface area contributed by atoms with Gasteiger partial charge in [-0.2, -0.15) is 0 Å². The van der Waals surface area contributed by atoms with Crippen LogP contribution in [0.25, 0.3) is 0 Å². The summed E-state index contributed by atoms with van der Waals surface area (Å²) in [7, 11) is 1.12. The molecule has 1 amide bonds. The van der Waals surface area contributed by atoms with E-state index < -0.39 is 20.8 Å². The maximum absolute atomic E-state index is 13.4. The van der Waals surface area contributed by atoms with Crippen LogP contribution in [0.1, 0.15) is 29.8 Å². The molecule has 0 aliphatic rings. The molecule has 0 saturated carbocycles. The highest BCUT2D eigenvalue weighted by Gasteiger charge is 2.21. The average molecular weight is 308 g/mol. The molecule has 0 spiro atoms. The Morgan fingerprint density at radius 1 is 1.42 bits per heavy atom. The fourth-order valence-electron chi connectivity index (χ4n) is 1.54. The van der Waals surface area contributed by atoms with Gasteiger partial charge in [-0.1, -0.05) is 13.8 Å². The maximum Gasteiger partial charge on any atom is 0.261 e. The Balaban J connectivity index is 3.22. The Morgan fingerprint density at radius 2 is 2.00 bits per heavy atom. The number of benzene rings is 1. The molecular formula is C12H15ClFNO3S. The molecule has 0 radical (unpaired) electrons. The first kappa shape index (κ1) is 15.9. The highest BCUT2D eigenvalue weighted by atomic mass is 35.7. The van der Waals surface area contributed by atoms with E-state index in [4.69, 9.17) is 10.7 Å². The number of halogens is 2. The van der Waals surface area contributed by atoms with Crippen molar-refractivity contribution in [2.75, 3.05) is 6.54 Å². The Morgan fingerprint density at radius 3 is 2.47 bits per heavy atom. The first-order valence-corrected chi connectivity index (χ1v) is 7.97. The van der Waals surface area contributed by atoms with Gasteiger partial charge in [-0.3, -0.25) is 4.79 Å². The fourth-order valence-corrected chi connectivity index (χ4v) is 2.75. The van der Waals surface area contributed by atoms with Crippen LogP contribution >= 0.6 is 10.7 Å². The number of amides is 1. The largest absolute Gasteiger partial charge is 0.352 e. The van der Waals surface area contributed by atoms with E-state index in [1.54, 1.807) is 0 Å². The second-order valence-electron chi connectivity index (χ2n) is 4.62. The molecule has 1 aromatic carbocycles. The van der Waals surface area contributed by atoms with Crippen LogP contribution < -0.4 is 5.32 Å². The van der Waals surface area contributed by atoms with Crippen LogP contribution in [0.3, 0.4) is 0 Å². The van der Waals surface area contributed by atoms with Crippen LogP contribution in [0.2, 0.25) is 0 Å². The van der Waals surface area contributed by atoms with Crippen LogP contribution in [-0.2, 0) is 9.05 Å². The van der Waals surface area contributed by atoms with Crippen LogP contribution in [0, 0.1) is 18.7 Å². The molecule has 0 aliphatic carbocycles. The van der Waals surface area contributed by atoms with Gasteiger partial charge >= 0.3 is 0 Å². The monoisotopic (exact) mass is 307 g/mol. The molecule has 4 nitrogen and oxygen atoms in total. The lowest BCUT2D eigenvalue weighted by atomic mass is 10.1. The van der Waals surface area contributed by atoms with Gasteiger partial charge in [0.25, 0.3) is 15.0 Å². The normalized spacial score (nSPS) is 11.7. The van der Waals surface area contributed by atoms with Crippen LogP contribution in [0.15, 0.2) is 17.0 Å². The summed E-state index contributed by atoms with van der Waals surface area (Å²) in [5.41, 5.74) is 0.109. The molecule has 1 N–H and O–H groups in total. The minimum Gasteiger partial charge on any atom is -0.352 e. The lowest BCUT2D eigenvalue weighted by molar-refractivity contribution is 0.0947. The van der Waals surface area contributed by atoms with Crippen LogP contribution in [0.5, 0.6) is 0 Å². The quantitative estimate of drug-likeness (QED) is 0.869. The maximum atomic E-state index is 13.4. The number of hydrogen-bond acceptors (Lipinski definition) is 3. The van der Waals surface area contributed by atoms with Gasteiger partial charge in [-0.25, -0.2) is 12.8 Å². The first-order chi connectivity index (χ1) is 8.62. The standard InChI is InChI=1S/C12H15ClFNO3S/c1-7(2)6-15-12(16)10-4-9(14)5-11(8(10)3)19(13,17)18/h4-5,7H,6H2,1-3H3,(H,15,16). The van der Waals surface area contributed by atoms with Crippen molar-refractivity contribution in [3.05, 3.63) is 29.1 Å². The van der Waals surface area contributed by atoms with E-state index in [0.717, 1.165) is 12.1 Å². The van der Waals surface area contributed by atoms with E-state index in [0.29, 0.717) is 6.54 Å². The summed E-state index contributed by atoms with van der Waals surface area (Å²) in [6, 6.07) is 1.80. The third kappa shape index (κ3) is 4.18. The molecule has 19 heavy (non-hydrogen) atoms. The number of hydrogen-bond donors (Lipinski definition) is 1.